The molecule has 7 nitrogen and oxygen atoms in total. The summed E-state index contributed by atoms with van der Waals surface area (Å²) >= 11 is 0. The van der Waals surface area contributed by atoms with Crippen molar-refractivity contribution < 1.29 is 18.8 Å². The minimum Gasteiger partial charge on any atom is -0.496 e. The first-order chi connectivity index (χ1) is 13.0. The molecule has 0 aliphatic carbocycles. The summed E-state index contributed by atoms with van der Waals surface area (Å²) in [6.07, 6.45) is 0.217. The fraction of sp³-hybridized carbons (Fsp3) is 0.450. The molecule has 144 valence electrons. The number of nitrogens with one attached hydrogen (secondary N) is 1. The van der Waals surface area contributed by atoms with Gasteiger partial charge in [-0.2, -0.15) is 0 Å². The second-order valence-corrected chi connectivity index (χ2v) is 7.08. The summed E-state index contributed by atoms with van der Waals surface area (Å²) in [5.41, 5.74) is 1.79. The number of likely N-dealkylation sites (tertiary alicyclic amines) is 1. The van der Waals surface area contributed by atoms with Crippen LogP contribution in [-0.2, 0) is 22.7 Å². The van der Waals surface area contributed by atoms with Crippen LogP contribution in [-0.4, -0.2) is 35.5 Å². The highest BCUT2D eigenvalue weighted by Crippen LogP contribution is 2.25. The molecule has 0 bridgehead atoms. The van der Waals surface area contributed by atoms with Crippen LogP contribution in [0.15, 0.2) is 34.9 Å². The lowest BCUT2D eigenvalue weighted by molar-refractivity contribution is -0.129. The fourth-order valence-corrected chi connectivity index (χ4v) is 3.14. The van der Waals surface area contributed by atoms with Gasteiger partial charge >= 0.3 is 0 Å². The topological polar surface area (TPSA) is 84.7 Å². The van der Waals surface area contributed by atoms with Crippen molar-refractivity contribution in [3.63, 3.8) is 0 Å². The molecule has 27 heavy (non-hydrogen) atoms. The van der Waals surface area contributed by atoms with E-state index in [0.29, 0.717) is 18.8 Å². The molecule has 0 radical (unpaired) electrons. The highest BCUT2D eigenvalue weighted by Gasteiger charge is 2.34. The van der Waals surface area contributed by atoms with Crippen LogP contribution in [0.3, 0.4) is 0 Å². The van der Waals surface area contributed by atoms with Gasteiger partial charge < -0.3 is 19.5 Å². The third-order valence-corrected chi connectivity index (χ3v) is 4.74. The van der Waals surface area contributed by atoms with Crippen molar-refractivity contribution in [3.8, 4) is 5.75 Å². The van der Waals surface area contributed by atoms with E-state index < -0.39 is 0 Å². The standard InChI is InChI=1S/C20H25N3O4/c1-13(2)17-9-16(27-22-17)10-21-20(25)15-8-19(24)23(12-15)11-14-6-4-5-7-18(14)26-3/h4-7,9,13,15H,8,10-12H2,1-3H3,(H,21,25)/t15-/m1/s1. The van der Waals surface area contributed by atoms with Crippen LogP contribution in [0.5, 0.6) is 5.75 Å². The number of hydrogen-bond donors (Lipinski definition) is 1. The van der Waals surface area contributed by atoms with Gasteiger partial charge in [-0.1, -0.05) is 37.2 Å². The van der Waals surface area contributed by atoms with Crippen molar-refractivity contribution in [1.82, 2.24) is 15.4 Å². The molecule has 2 aromatic rings. The lowest BCUT2D eigenvalue weighted by Crippen LogP contribution is -2.32. The second-order valence-electron chi connectivity index (χ2n) is 7.08. The summed E-state index contributed by atoms with van der Waals surface area (Å²) in [7, 11) is 1.61. The molecule has 1 saturated heterocycles. The summed E-state index contributed by atoms with van der Waals surface area (Å²) < 4.78 is 10.6. The van der Waals surface area contributed by atoms with Crippen molar-refractivity contribution in [2.24, 2.45) is 5.92 Å². The van der Waals surface area contributed by atoms with Crippen LogP contribution in [0.25, 0.3) is 0 Å². The van der Waals surface area contributed by atoms with E-state index in [-0.39, 0.29) is 36.6 Å². The summed E-state index contributed by atoms with van der Waals surface area (Å²) in [6.45, 7) is 5.17. The maximum Gasteiger partial charge on any atom is 0.225 e. The molecule has 2 amide bonds. The van der Waals surface area contributed by atoms with Crippen molar-refractivity contribution in [1.29, 1.82) is 0 Å². The molecule has 0 unspecified atom stereocenters. The van der Waals surface area contributed by atoms with E-state index >= 15 is 0 Å². The van der Waals surface area contributed by atoms with Gasteiger partial charge in [-0.05, 0) is 12.0 Å². The Labute approximate surface area is 158 Å². The zero-order valence-electron chi connectivity index (χ0n) is 15.9. The van der Waals surface area contributed by atoms with Crippen molar-refractivity contribution in [2.75, 3.05) is 13.7 Å². The SMILES string of the molecule is COc1ccccc1CN1C[C@H](C(=O)NCc2cc(C(C)C)no2)CC1=O. The van der Waals surface area contributed by atoms with E-state index in [0.717, 1.165) is 17.0 Å². The van der Waals surface area contributed by atoms with E-state index in [1.54, 1.807) is 12.0 Å². The second kappa shape index (κ2) is 8.24. The van der Waals surface area contributed by atoms with Gasteiger partial charge in [0.25, 0.3) is 0 Å². The van der Waals surface area contributed by atoms with E-state index in [4.69, 9.17) is 9.26 Å². The minimum absolute atomic E-state index is 0.0252. The van der Waals surface area contributed by atoms with Gasteiger partial charge in [0.1, 0.15) is 5.75 Å². The van der Waals surface area contributed by atoms with Crippen LogP contribution in [0.4, 0.5) is 0 Å². The van der Waals surface area contributed by atoms with Crippen molar-refractivity contribution in [3.05, 3.63) is 47.3 Å². The molecule has 2 heterocycles. The van der Waals surface area contributed by atoms with Crippen LogP contribution >= 0.6 is 0 Å². The molecule has 0 spiro atoms. The van der Waals surface area contributed by atoms with E-state index in [1.165, 1.54) is 0 Å². The Kier molecular flexibility index (Phi) is 5.78. The molecule has 0 saturated carbocycles. The third kappa shape index (κ3) is 4.48. The molecular formula is C20H25N3O4. The Morgan fingerprint density at radius 2 is 2.19 bits per heavy atom. The number of rotatable bonds is 7. The van der Waals surface area contributed by atoms with Gasteiger partial charge in [0.2, 0.25) is 11.8 Å². The molecule has 3 rings (SSSR count). The van der Waals surface area contributed by atoms with Gasteiger partial charge in [-0.15, -0.1) is 0 Å². The highest BCUT2D eigenvalue weighted by molar-refractivity contribution is 5.89. The molecule has 1 aliphatic rings. The first-order valence-electron chi connectivity index (χ1n) is 9.10. The molecule has 1 fully saturated rings. The quantitative estimate of drug-likeness (QED) is 0.808. The number of nitrogens with zero attached hydrogens (tertiary/aromatic N) is 2. The van der Waals surface area contributed by atoms with Crippen LogP contribution in [0, 0.1) is 5.92 Å². The first-order valence-corrected chi connectivity index (χ1v) is 9.10. The van der Waals surface area contributed by atoms with Gasteiger partial charge in [0.05, 0.1) is 25.3 Å². The molecule has 1 aliphatic heterocycles. The Morgan fingerprint density at radius 1 is 1.41 bits per heavy atom. The zero-order chi connectivity index (χ0) is 19.4. The number of hydrogen-bond acceptors (Lipinski definition) is 5. The van der Waals surface area contributed by atoms with Crippen LogP contribution in [0.1, 0.15) is 43.2 Å². The number of benzene rings is 1. The first kappa shape index (κ1) is 18.9. The highest BCUT2D eigenvalue weighted by atomic mass is 16.5. The van der Waals surface area contributed by atoms with Gasteiger partial charge in [-0.3, -0.25) is 9.59 Å². The summed E-state index contributed by atoms with van der Waals surface area (Å²) in [6, 6.07) is 9.43. The van der Waals surface area contributed by atoms with Crippen molar-refractivity contribution >= 4 is 11.8 Å². The van der Waals surface area contributed by atoms with E-state index in [1.807, 2.05) is 44.2 Å². The average molecular weight is 371 g/mol. The third-order valence-electron chi connectivity index (χ3n) is 4.74. The lowest BCUT2D eigenvalue weighted by Gasteiger charge is -2.18. The summed E-state index contributed by atoms with van der Waals surface area (Å²) in [4.78, 5) is 26.5. The number of methoxy groups -OCH3 is 1. The Balaban J connectivity index is 1.55. The monoisotopic (exact) mass is 371 g/mol. The molecule has 1 aromatic carbocycles. The molecular weight excluding hydrogens is 346 g/mol. The minimum atomic E-state index is -0.361. The summed E-state index contributed by atoms with van der Waals surface area (Å²) in [5.74, 6) is 1.09. The summed E-state index contributed by atoms with van der Waals surface area (Å²) in [5, 5.41) is 6.82. The number of carbonyl (C=O) groups excluding carboxylic acids is 2. The predicted octanol–water partition coefficient (Wildman–Crippen LogP) is 2.47. The van der Waals surface area contributed by atoms with Crippen LogP contribution in [0.2, 0.25) is 0 Å². The number of para-hydroxylation sites is 1. The van der Waals surface area contributed by atoms with Gasteiger partial charge in [0, 0.05) is 31.1 Å². The smallest absolute Gasteiger partial charge is 0.225 e. The Morgan fingerprint density at radius 3 is 2.89 bits per heavy atom. The number of carbonyl (C=O) groups is 2. The maximum absolute atomic E-state index is 12.4. The molecule has 1 atom stereocenters. The largest absolute Gasteiger partial charge is 0.496 e. The van der Waals surface area contributed by atoms with Gasteiger partial charge in [0.15, 0.2) is 5.76 Å². The van der Waals surface area contributed by atoms with Gasteiger partial charge in [-0.25, -0.2) is 0 Å². The maximum atomic E-state index is 12.4. The average Bonchev–Trinajstić information content (AvgIpc) is 3.27. The fourth-order valence-electron chi connectivity index (χ4n) is 3.14. The Hall–Kier alpha value is -2.83. The van der Waals surface area contributed by atoms with E-state index in [9.17, 15) is 9.59 Å². The van der Waals surface area contributed by atoms with Crippen molar-refractivity contribution in [2.45, 2.75) is 39.3 Å². The molecule has 1 aromatic heterocycles. The van der Waals surface area contributed by atoms with Crippen LogP contribution < -0.4 is 10.1 Å². The lowest BCUT2D eigenvalue weighted by atomic mass is 10.1. The number of ether oxygens (including phenoxy) is 1. The molecule has 7 heteroatoms. The number of amides is 2. The number of aromatic nitrogens is 1. The molecule has 1 N–H and O–H groups in total. The Bertz CT molecular complexity index is 815. The normalized spacial score (nSPS) is 16.8. The predicted molar refractivity (Wildman–Crippen MR) is 99.0 cm³/mol. The zero-order valence-corrected chi connectivity index (χ0v) is 15.9. The van der Waals surface area contributed by atoms with E-state index in [2.05, 4.69) is 10.5 Å².